The number of carboxylic acid groups (broad SMARTS) is 2. The summed E-state index contributed by atoms with van der Waals surface area (Å²) < 4.78 is 0. The third-order valence-corrected chi connectivity index (χ3v) is 6.91. The van der Waals surface area contributed by atoms with E-state index in [1.165, 1.54) is 12.4 Å². The number of aromatic nitrogens is 4. The summed E-state index contributed by atoms with van der Waals surface area (Å²) in [5, 5.41) is 36.0. The molecule has 16 nitrogen and oxygen atoms in total. The number of carbonyl (C=O) groups excluding carboxylic acids is 4. The molecule has 0 radical (unpaired) electrons. The molecule has 42 heavy (non-hydrogen) atoms. The number of anilines is 1. The Kier molecular flexibility index (Phi) is 11.0. The van der Waals surface area contributed by atoms with Crippen molar-refractivity contribution in [3.05, 3.63) is 35.8 Å². The van der Waals surface area contributed by atoms with Crippen LogP contribution in [-0.4, -0.2) is 84.3 Å². The van der Waals surface area contributed by atoms with Crippen LogP contribution in [-0.2, 0) is 41.7 Å². The van der Waals surface area contributed by atoms with E-state index in [0.29, 0.717) is 17.7 Å². The minimum atomic E-state index is -1.38. The summed E-state index contributed by atoms with van der Waals surface area (Å²) in [5.41, 5.74) is 1.07. The molecule has 0 aliphatic carbocycles. The number of fused-ring (bicyclic) bond motifs is 1. The van der Waals surface area contributed by atoms with Gasteiger partial charge in [-0.2, -0.15) is 15.4 Å². The first kappa shape index (κ1) is 31.6. The van der Waals surface area contributed by atoms with Crippen LogP contribution in [0.25, 0.3) is 0 Å². The molecule has 4 atom stereocenters. The fraction of sp³-hybridized carbons (Fsp3) is 0.500. The summed E-state index contributed by atoms with van der Waals surface area (Å²) in [7, 11) is 0. The van der Waals surface area contributed by atoms with Crippen molar-refractivity contribution in [2.24, 2.45) is 5.92 Å². The van der Waals surface area contributed by atoms with Crippen molar-refractivity contribution in [2.75, 3.05) is 4.90 Å². The number of hydrogen-bond donors (Lipinski definition) is 6. The largest absolute Gasteiger partial charge is 0.481 e. The van der Waals surface area contributed by atoms with Gasteiger partial charge in [0.1, 0.15) is 29.6 Å². The van der Waals surface area contributed by atoms with E-state index in [1.54, 1.807) is 26.0 Å². The molecule has 6 N–H and O–H groups in total. The van der Waals surface area contributed by atoms with Gasteiger partial charge in [0.2, 0.25) is 17.7 Å². The predicted molar refractivity (Wildman–Crippen MR) is 145 cm³/mol. The van der Waals surface area contributed by atoms with Crippen LogP contribution in [0.1, 0.15) is 57.2 Å². The summed E-state index contributed by atoms with van der Waals surface area (Å²) in [6.07, 6.45) is 1.93. The van der Waals surface area contributed by atoms with Crippen LogP contribution >= 0.6 is 0 Å². The maximum absolute atomic E-state index is 14.0. The van der Waals surface area contributed by atoms with Crippen LogP contribution in [0.15, 0.2) is 24.5 Å². The Morgan fingerprint density at radius 2 is 1.83 bits per heavy atom. The molecule has 4 amide bonds. The lowest BCUT2D eigenvalue weighted by atomic mass is 9.97. The summed E-state index contributed by atoms with van der Waals surface area (Å²) in [6.45, 7) is 3.52. The van der Waals surface area contributed by atoms with Crippen molar-refractivity contribution in [3.8, 4) is 0 Å². The topological polar surface area (TPSA) is 237 Å². The number of nitrogens with one attached hydrogen (secondary N) is 4. The van der Waals surface area contributed by atoms with E-state index in [2.05, 4.69) is 36.3 Å². The van der Waals surface area contributed by atoms with Crippen molar-refractivity contribution in [1.82, 2.24) is 36.3 Å². The van der Waals surface area contributed by atoms with Crippen molar-refractivity contribution < 1.29 is 39.0 Å². The number of H-pyrrole nitrogens is 1. The van der Waals surface area contributed by atoms with Gasteiger partial charge in [0, 0.05) is 25.5 Å². The first-order valence-electron chi connectivity index (χ1n) is 13.4. The molecular formula is C26H34N8O8. The maximum Gasteiger partial charge on any atom is 0.303 e. The first-order chi connectivity index (χ1) is 20.0. The lowest BCUT2D eigenvalue weighted by molar-refractivity contribution is -0.140. The van der Waals surface area contributed by atoms with Crippen LogP contribution in [0.2, 0.25) is 0 Å². The van der Waals surface area contributed by atoms with Gasteiger partial charge in [-0.05, 0) is 24.0 Å². The minimum absolute atomic E-state index is 0.0367. The second kappa shape index (κ2) is 14.7. The zero-order valence-electron chi connectivity index (χ0n) is 23.2. The summed E-state index contributed by atoms with van der Waals surface area (Å²) in [5.74, 6) is -5.24. The van der Waals surface area contributed by atoms with E-state index in [0.717, 1.165) is 4.90 Å². The standard InChI is InChI=1S/C26H34N8O8/c1-3-14(2)22(31-19(35)7-9-21(38)39)25(41)30-17(6-8-20(36)37)26(42)34-18(11-15-5-4-10-27-23(15)34)24(40)28-12-16-13-29-33-32-16/h4-5,10,13-14,17-18,22H,3,6-9,11-12H2,1-2H3,(H,28,40)(H,30,41)(H,31,35)(H,36,37)(H,38,39)(H,29,32,33)/t14-,17-,18-,22-/m0/s1. The summed E-state index contributed by atoms with van der Waals surface area (Å²) in [6, 6.07) is -0.175. The van der Waals surface area contributed by atoms with Crippen molar-refractivity contribution in [2.45, 2.75) is 77.0 Å². The Morgan fingerprint density at radius 1 is 1.10 bits per heavy atom. The lowest BCUT2D eigenvalue weighted by Gasteiger charge is -2.30. The number of aliphatic carboxylic acids is 2. The molecule has 2 aromatic rings. The highest BCUT2D eigenvalue weighted by Crippen LogP contribution is 2.31. The van der Waals surface area contributed by atoms with Crippen LogP contribution in [0.5, 0.6) is 0 Å². The lowest BCUT2D eigenvalue weighted by Crippen LogP contribution is -2.58. The minimum Gasteiger partial charge on any atom is -0.481 e. The zero-order chi connectivity index (χ0) is 30.8. The molecule has 1 aliphatic heterocycles. The van der Waals surface area contributed by atoms with E-state index in [-0.39, 0.29) is 31.6 Å². The average molecular weight is 587 g/mol. The van der Waals surface area contributed by atoms with Crippen LogP contribution < -0.4 is 20.9 Å². The highest BCUT2D eigenvalue weighted by molar-refractivity contribution is 6.06. The zero-order valence-corrected chi connectivity index (χ0v) is 23.2. The number of amides is 4. The number of carboxylic acids is 2. The quantitative estimate of drug-likeness (QED) is 0.156. The number of nitrogens with zero attached hydrogens (tertiary/aromatic N) is 4. The van der Waals surface area contributed by atoms with E-state index >= 15 is 0 Å². The molecule has 0 fully saturated rings. The highest BCUT2D eigenvalue weighted by Gasteiger charge is 2.42. The highest BCUT2D eigenvalue weighted by atomic mass is 16.4. The molecule has 0 aromatic carbocycles. The second-order valence-electron chi connectivity index (χ2n) is 9.91. The van der Waals surface area contributed by atoms with Gasteiger partial charge in [-0.1, -0.05) is 26.3 Å². The first-order valence-corrected chi connectivity index (χ1v) is 13.4. The molecular weight excluding hydrogens is 552 g/mol. The number of aromatic amines is 1. The van der Waals surface area contributed by atoms with E-state index in [4.69, 9.17) is 5.11 Å². The molecule has 16 heteroatoms. The van der Waals surface area contributed by atoms with E-state index < -0.39 is 72.5 Å². The van der Waals surface area contributed by atoms with Gasteiger partial charge >= 0.3 is 11.9 Å². The molecule has 226 valence electrons. The molecule has 3 rings (SSSR count). The Labute approximate surface area is 240 Å². The Morgan fingerprint density at radius 3 is 2.48 bits per heavy atom. The van der Waals surface area contributed by atoms with Crippen LogP contribution in [0.3, 0.4) is 0 Å². The van der Waals surface area contributed by atoms with Gasteiger partial charge < -0.3 is 26.2 Å². The van der Waals surface area contributed by atoms with E-state index in [9.17, 15) is 33.9 Å². The van der Waals surface area contributed by atoms with Gasteiger partial charge in [0.15, 0.2) is 0 Å². The molecule has 1 aliphatic rings. The second-order valence-corrected chi connectivity index (χ2v) is 9.91. The SMILES string of the molecule is CC[C@H](C)[C@H](NC(=O)CCC(=O)O)C(=O)N[C@@H](CCC(=O)O)C(=O)N1c2ncccc2C[C@H]1C(=O)NCc1cn[nH]n1. The third-order valence-electron chi connectivity index (χ3n) is 6.91. The number of pyridine rings is 1. The van der Waals surface area contributed by atoms with Gasteiger partial charge in [0.25, 0.3) is 5.91 Å². The summed E-state index contributed by atoms with van der Waals surface area (Å²) >= 11 is 0. The molecule has 3 heterocycles. The summed E-state index contributed by atoms with van der Waals surface area (Å²) in [4.78, 5) is 80.7. The molecule has 0 spiro atoms. The van der Waals surface area contributed by atoms with Crippen LogP contribution in [0, 0.1) is 5.92 Å². The van der Waals surface area contributed by atoms with Gasteiger partial charge in [-0.3, -0.25) is 33.7 Å². The predicted octanol–water partition coefficient (Wildman–Crippen LogP) is -0.481. The molecule has 0 unspecified atom stereocenters. The molecule has 0 saturated carbocycles. The van der Waals surface area contributed by atoms with Crippen molar-refractivity contribution in [3.63, 3.8) is 0 Å². The van der Waals surface area contributed by atoms with Crippen molar-refractivity contribution >= 4 is 41.4 Å². The Bertz CT molecular complexity index is 1300. The van der Waals surface area contributed by atoms with Gasteiger partial charge in [0.05, 0.1) is 19.2 Å². The Hall–Kier alpha value is -4.89. The number of hydrogen-bond acceptors (Lipinski definition) is 9. The molecule has 0 saturated heterocycles. The van der Waals surface area contributed by atoms with Crippen molar-refractivity contribution in [1.29, 1.82) is 0 Å². The fourth-order valence-corrected chi connectivity index (χ4v) is 4.45. The normalized spacial score (nSPS) is 16.0. The maximum atomic E-state index is 14.0. The molecule has 2 aromatic heterocycles. The molecule has 0 bridgehead atoms. The number of carbonyl (C=O) groups is 6. The Balaban J connectivity index is 1.85. The monoisotopic (exact) mass is 586 g/mol. The van der Waals surface area contributed by atoms with Gasteiger partial charge in [-0.25, -0.2) is 4.98 Å². The smallest absolute Gasteiger partial charge is 0.303 e. The average Bonchev–Trinajstić information content (AvgIpc) is 3.62. The van der Waals surface area contributed by atoms with E-state index in [1.807, 2.05) is 0 Å². The third kappa shape index (κ3) is 8.31. The fourth-order valence-electron chi connectivity index (χ4n) is 4.45. The van der Waals surface area contributed by atoms with Crippen LogP contribution in [0.4, 0.5) is 5.82 Å². The van der Waals surface area contributed by atoms with Gasteiger partial charge in [-0.15, -0.1) is 0 Å². The number of rotatable bonds is 15.